The molecule has 0 aliphatic carbocycles. The summed E-state index contributed by atoms with van der Waals surface area (Å²) >= 11 is 0. The average Bonchev–Trinajstić information content (AvgIpc) is 2.31. The fourth-order valence-electron chi connectivity index (χ4n) is 1.93. The summed E-state index contributed by atoms with van der Waals surface area (Å²) in [6.45, 7) is 4.05. The molecule has 0 saturated carbocycles. The Morgan fingerprint density at radius 3 is 2.47 bits per heavy atom. The molecule has 0 radical (unpaired) electrons. The SMILES string of the molecule is Cl.OB(O)c1ccccc1CN1CCOCC1. The van der Waals surface area contributed by atoms with E-state index in [0.29, 0.717) is 5.46 Å². The van der Waals surface area contributed by atoms with Crippen LogP contribution in [0.1, 0.15) is 5.56 Å². The molecule has 0 spiro atoms. The van der Waals surface area contributed by atoms with Crippen LogP contribution >= 0.6 is 12.4 Å². The van der Waals surface area contributed by atoms with E-state index in [9.17, 15) is 10.0 Å². The molecular formula is C11H17BClNO3. The topological polar surface area (TPSA) is 52.9 Å². The third-order valence-electron chi connectivity index (χ3n) is 2.83. The largest absolute Gasteiger partial charge is 0.488 e. The van der Waals surface area contributed by atoms with E-state index >= 15 is 0 Å². The smallest absolute Gasteiger partial charge is 0.423 e. The van der Waals surface area contributed by atoms with Crippen LogP contribution in [0, 0.1) is 0 Å². The highest BCUT2D eigenvalue weighted by molar-refractivity contribution is 6.59. The number of morpholine rings is 1. The quantitative estimate of drug-likeness (QED) is 0.725. The van der Waals surface area contributed by atoms with Crippen molar-refractivity contribution >= 4 is 25.0 Å². The van der Waals surface area contributed by atoms with Gasteiger partial charge in [-0.2, -0.15) is 0 Å². The van der Waals surface area contributed by atoms with E-state index in [-0.39, 0.29) is 12.4 Å². The first-order valence-corrected chi connectivity index (χ1v) is 5.51. The molecule has 0 atom stereocenters. The van der Waals surface area contributed by atoms with Gasteiger partial charge in [0, 0.05) is 19.6 Å². The molecule has 1 fully saturated rings. The van der Waals surface area contributed by atoms with E-state index in [1.807, 2.05) is 18.2 Å². The second-order valence-corrected chi connectivity index (χ2v) is 3.96. The molecule has 0 unspecified atom stereocenters. The van der Waals surface area contributed by atoms with Gasteiger partial charge in [0.2, 0.25) is 0 Å². The normalized spacial score (nSPS) is 16.4. The third kappa shape index (κ3) is 3.98. The monoisotopic (exact) mass is 257 g/mol. The standard InChI is InChI=1S/C11H16BNO3.ClH/c14-12(15)11-4-2-1-3-10(11)9-13-5-7-16-8-6-13;/h1-4,14-15H,5-9H2;1H. The maximum atomic E-state index is 9.25. The van der Waals surface area contributed by atoms with Gasteiger partial charge in [-0.25, -0.2) is 0 Å². The molecule has 6 heteroatoms. The minimum Gasteiger partial charge on any atom is -0.423 e. The first-order valence-electron chi connectivity index (χ1n) is 5.51. The van der Waals surface area contributed by atoms with Crippen molar-refractivity contribution in [2.45, 2.75) is 6.54 Å². The van der Waals surface area contributed by atoms with Gasteiger partial charge in [0.05, 0.1) is 13.2 Å². The van der Waals surface area contributed by atoms with Crippen molar-refractivity contribution < 1.29 is 14.8 Å². The predicted octanol–water partition coefficient (Wildman–Crippen LogP) is -0.380. The Hall–Kier alpha value is -0.585. The zero-order chi connectivity index (χ0) is 11.4. The molecule has 2 N–H and O–H groups in total. The van der Waals surface area contributed by atoms with Gasteiger partial charge in [-0.1, -0.05) is 24.3 Å². The lowest BCUT2D eigenvalue weighted by Crippen LogP contribution is -2.39. The van der Waals surface area contributed by atoms with Crippen LogP contribution in [0.3, 0.4) is 0 Å². The Labute approximate surface area is 108 Å². The van der Waals surface area contributed by atoms with Gasteiger partial charge in [-0.15, -0.1) is 12.4 Å². The van der Waals surface area contributed by atoms with Crippen molar-refractivity contribution in [1.82, 2.24) is 4.90 Å². The molecule has 2 rings (SSSR count). The fraction of sp³-hybridized carbons (Fsp3) is 0.455. The molecule has 1 aliphatic rings. The molecule has 1 heterocycles. The van der Waals surface area contributed by atoms with Crippen LogP contribution in [0.2, 0.25) is 0 Å². The van der Waals surface area contributed by atoms with Gasteiger partial charge in [-0.05, 0) is 11.0 Å². The second kappa shape index (κ2) is 6.98. The summed E-state index contributed by atoms with van der Waals surface area (Å²) in [4.78, 5) is 2.25. The van der Waals surface area contributed by atoms with Gasteiger partial charge in [0.25, 0.3) is 0 Å². The molecule has 1 aromatic carbocycles. The first-order chi connectivity index (χ1) is 7.77. The zero-order valence-electron chi connectivity index (χ0n) is 9.58. The van der Waals surface area contributed by atoms with Crippen molar-refractivity contribution in [1.29, 1.82) is 0 Å². The second-order valence-electron chi connectivity index (χ2n) is 3.96. The Bertz CT molecular complexity index is 345. The van der Waals surface area contributed by atoms with Gasteiger partial charge in [-0.3, -0.25) is 4.90 Å². The summed E-state index contributed by atoms with van der Waals surface area (Å²) in [7, 11) is -1.39. The summed E-state index contributed by atoms with van der Waals surface area (Å²) < 4.78 is 5.27. The van der Waals surface area contributed by atoms with E-state index in [2.05, 4.69) is 4.90 Å². The number of rotatable bonds is 3. The van der Waals surface area contributed by atoms with Crippen molar-refractivity contribution in [3.63, 3.8) is 0 Å². The number of ether oxygens (including phenoxy) is 1. The van der Waals surface area contributed by atoms with Crippen LogP contribution in [0.4, 0.5) is 0 Å². The van der Waals surface area contributed by atoms with E-state index in [0.717, 1.165) is 38.4 Å². The van der Waals surface area contributed by atoms with Crippen LogP contribution in [0.15, 0.2) is 24.3 Å². The summed E-state index contributed by atoms with van der Waals surface area (Å²) in [6, 6.07) is 7.42. The molecule has 1 aliphatic heterocycles. The Morgan fingerprint density at radius 2 is 1.82 bits per heavy atom. The van der Waals surface area contributed by atoms with Crippen molar-refractivity contribution in [3.05, 3.63) is 29.8 Å². The number of benzene rings is 1. The predicted molar refractivity (Wildman–Crippen MR) is 69.6 cm³/mol. The lowest BCUT2D eigenvalue weighted by molar-refractivity contribution is 0.0343. The lowest BCUT2D eigenvalue weighted by atomic mass is 9.77. The van der Waals surface area contributed by atoms with E-state index in [4.69, 9.17) is 4.74 Å². The molecule has 0 aromatic heterocycles. The van der Waals surface area contributed by atoms with E-state index < -0.39 is 7.12 Å². The Balaban J connectivity index is 0.00000144. The molecule has 1 saturated heterocycles. The summed E-state index contributed by atoms with van der Waals surface area (Å²) in [5, 5.41) is 18.5. The molecule has 17 heavy (non-hydrogen) atoms. The number of hydrogen-bond donors (Lipinski definition) is 2. The van der Waals surface area contributed by atoms with Gasteiger partial charge in [0.15, 0.2) is 0 Å². The average molecular weight is 258 g/mol. The van der Waals surface area contributed by atoms with Crippen LogP contribution in [-0.2, 0) is 11.3 Å². The van der Waals surface area contributed by atoms with Crippen molar-refractivity contribution in [3.8, 4) is 0 Å². The van der Waals surface area contributed by atoms with Gasteiger partial charge in [0.1, 0.15) is 0 Å². The molecule has 94 valence electrons. The maximum Gasteiger partial charge on any atom is 0.488 e. The first kappa shape index (κ1) is 14.5. The highest BCUT2D eigenvalue weighted by Gasteiger charge is 2.18. The highest BCUT2D eigenvalue weighted by Crippen LogP contribution is 2.05. The highest BCUT2D eigenvalue weighted by atomic mass is 35.5. The van der Waals surface area contributed by atoms with Gasteiger partial charge < -0.3 is 14.8 Å². The summed E-state index contributed by atoms with van der Waals surface area (Å²) in [6.07, 6.45) is 0. The fourth-order valence-corrected chi connectivity index (χ4v) is 1.93. The van der Waals surface area contributed by atoms with Crippen molar-refractivity contribution in [2.75, 3.05) is 26.3 Å². The molecule has 0 amide bonds. The lowest BCUT2D eigenvalue weighted by Gasteiger charge is -2.27. The molecule has 1 aromatic rings. The van der Waals surface area contributed by atoms with Gasteiger partial charge >= 0.3 is 7.12 Å². The molecule has 0 bridgehead atoms. The number of nitrogens with zero attached hydrogens (tertiary/aromatic N) is 1. The minimum atomic E-state index is -1.39. The molecular weight excluding hydrogens is 240 g/mol. The summed E-state index contributed by atoms with van der Waals surface area (Å²) in [5.41, 5.74) is 1.56. The van der Waals surface area contributed by atoms with Crippen molar-refractivity contribution in [2.24, 2.45) is 0 Å². The zero-order valence-corrected chi connectivity index (χ0v) is 10.4. The van der Waals surface area contributed by atoms with Crippen LogP contribution in [-0.4, -0.2) is 48.4 Å². The Kier molecular flexibility index (Phi) is 5.95. The van der Waals surface area contributed by atoms with Crippen LogP contribution in [0.5, 0.6) is 0 Å². The van der Waals surface area contributed by atoms with E-state index in [1.165, 1.54) is 0 Å². The third-order valence-corrected chi connectivity index (χ3v) is 2.83. The van der Waals surface area contributed by atoms with Crippen LogP contribution < -0.4 is 5.46 Å². The number of hydrogen-bond acceptors (Lipinski definition) is 4. The van der Waals surface area contributed by atoms with Crippen LogP contribution in [0.25, 0.3) is 0 Å². The maximum absolute atomic E-state index is 9.25. The summed E-state index contributed by atoms with van der Waals surface area (Å²) in [5.74, 6) is 0. The number of halogens is 1. The minimum absolute atomic E-state index is 0. The molecule has 4 nitrogen and oxygen atoms in total. The Morgan fingerprint density at radius 1 is 1.18 bits per heavy atom. The van der Waals surface area contributed by atoms with E-state index in [1.54, 1.807) is 6.07 Å².